The van der Waals surface area contributed by atoms with Crippen molar-refractivity contribution < 1.29 is 23.5 Å². The lowest BCUT2D eigenvalue weighted by Crippen LogP contribution is -2.31. The Balaban J connectivity index is 1.67. The molecule has 0 fully saturated rings. The van der Waals surface area contributed by atoms with Crippen LogP contribution in [0.15, 0.2) is 94.9 Å². The van der Waals surface area contributed by atoms with E-state index in [-0.39, 0.29) is 17.0 Å². The number of benzene rings is 2. The van der Waals surface area contributed by atoms with Crippen molar-refractivity contribution in [1.82, 2.24) is 4.98 Å². The Bertz CT molecular complexity index is 1330. The number of nitrogens with zero attached hydrogens (tertiary/aromatic N) is 2. The summed E-state index contributed by atoms with van der Waals surface area (Å²) in [5, 5.41) is 11.4. The molecule has 1 unspecified atom stereocenters. The third-order valence-corrected chi connectivity index (χ3v) is 5.19. The molecule has 0 saturated carbocycles. The molecule has 0 radical (unpaired) electrons. The zero-order valence-corrected chi connectivity index (χ0v) is 16.0. The maximum absolute atomic E-state index is 13.9. The molecule has 0 bridgehead atoms. The largest absolute Gasteiger partial charge is 0.503 e. The Kier molecular flexibility index (Phi) is 4.36. The van der Waals surface area contributed by atoms with Crippen molar-refractivity contribution in [1.29, 1.82) is 0 Å². The summed E-state index contributed by atoms with van der Waals surface area (Å²) in [4.78, 5) is 31.7. The number of rotatable bonds is 4. The number of aromatic nitrogens is 1. The number of carbonyl (C=O) groups is 2. The van der Waals surface area contributed by atoms with Gasteiger partial charge in [-0.15, -0.1) is 0 Å². The van der Waals surface area contributed by atoms with E-state index in [0.717, 1.165) is 5.39 Å². The molecule has 152 valence electrons. The van der Waals surface area contributed by atoms with Gasteiger partial charge in [-0.3, -0.25) is 19.5 Å². The van der Waals surface area contributed by atoms with Gasteiger partial charge in [-0.25, -0.2) is 4.39 Å². The van der Waals surface area contributed by atoms with Gasteiger partial charge in [0.15, 0.2) is 11.5 Å². The van der Waals surface area contributed by atoms with Crippen LogP contribution in [0.25, 0.3) is 11.0 Å². The molecular formula is C24H15FN2O4. The number of carbonyl (C=O) groups excluding carboxylic acids is 2. The predicted molar refractivity (Wildman–Crippen MR) is 111 cm³/mol. The van der Waals surface area contributed by atoms with Crippen LogP contribution in [0.5, 0.6) is 0 Å². The first-order valence-electron chi connectivity index (χ1n) is 9.50. The lowest BCUT2D eigenvalue weighted by Gasteiger charge is -2.26. The summed E-state index contributed by atoms with van der Waals surface area (Å²) in [6.45, 7) is 0. The number of aliphatic hydroxyl groups is 1. The van der Waals surface area contributed by atoms with Crippen molar-refractivity contribution >= 4 is 28.3 Å². The highest BCUT2D eigenvalue weighted by atomic mass is 19.1. The topological polar surface area (TPSA) is 83.6 Å². The van der Waals surface area contributed by atoms with Gasteiger partial charge >= 0.3 is 0 Å². The van der Waals surface area contributed by atoms with E-state index in [0.29, 0.717) is 11.1 Å². The first-order valence-corrected chi connectivity index (χ1v) is 9.50. The molecule has 0 aliphatic carbocycles. The van der Waals surface area contributed by atoms with E-state index in [9.17, 15) is 19.1 Å². The number of aliphatic hydroxyl groups excluding tert-OH is 1. The average Bonchev–Trinajstić information content (AvgIpc) is 3.33. The van der Waals surface area contributed by atoms with E-state index in [1.165, 1.54) is 35.4 Å². The standard InChI is InChI=1S/C24H15FN2O4/c25-16-7-3-8-17(12-16)27-21(15-6-4-10-26-13-15)20(23(29)24(27)30)22(28)19-11-14-5-1-2-9-18(14)31-19/h1-13,21,29H. The van der Waals surface area contributed by atoms with Crippen LogP contribution in [0.2, 0.25) is 0 Å². The van der Waals surface area contributed by atoms with Gasteiger partial charge < -0.3 is 9.52 Å². The second kappa shape index (κ2) is 7.21. The molecule has 1 atom stereocenters. The molecule has 0 saturated heterocycles. The first kappa shape index (κ1) is 18.7. The van der Waals surface area contributed by atoms with E-state index < -0.39 is 29.3 Å². The van der Waals surface area contributed by atoms with Crippen molar-refractivity contribution in [2.24, 2.45) is 0 Å². The lowest BCUT2D eigenvalue weighted by atomic mass is 9.96. The molecule has 2 aromatic heterocycles. The number of ketones is 1. The van der Waals surface area contributed by atoms with Gasteiger partial charge in [0.25, 0.3) is 5.91 Å². The van der Waals surface area contributed by atoms with Crippen LogP contribution in [-0.4, -0.2) is 21.8 Å². The molecule has 3 heterocycles. The van der Waals surface area contributed by atoms with Crippen LogP contribution in [0, 0.1) is 5.82 Å². The number of para-hydroxylation sites is 1. The number of hydrogen-bond acceptors (Lipinski definition) is 5. The number of anilines is 1. The number of hydrogen-bond donors (Lipinski definition) is 1. The van der Waals surface area contributed by atoms with Gasteiger partial charge in [0.2, 0.25) is 5.78 Å². The molecule has 1 aliphatic heterocycles. The molecule has 1 N–H and O–H groups in total. The molecule has 5 rings (SSSR count). The Labute approximate surface area is 175 Å². The van der Waals surface area contributed by atoms with Gasteiger partial charge in [-0.2, -0.15) is 0 Å². The molecule has 6 nitrogen and oxygen atoms in total. The van der Waals surface area contributed by atoms with Gasteiger partial charge in [-0.05, 0) is 42.0 Å². The van der Waals surface area contributed by atoms with Crippen molar-refractivity contribution in [3.05, 3.63) is 108 Å². The zero-order valence-electron chi connectivity index (χ0n) is 16.0. The summed E-state index contributed by atoms with van der Waals surface area (Å²) in [5.41, 5.74) is 1.05. The van der Waals surface area contributed by atoms with Crippen LogP contribution in [0.4, 0.5) is 10.1 Å². The fourth-order valence-electron chi connectivity index (χ4n) is 3.81. The summed E-state index contributed by atoms with van der Waals surface area (Å²) in [6, 6.07) is 16.4. The van der Waals surface area contributed by atoms with E-state index in [1.54, 1.807) is 42.6 Å². The highest BCUT2D eigenvalue weighted by molar-refractivity contribution is 6.20. The number of furan rings is 1. The zero-order chi connectivity index (χ0) is 21.5. The van der Waals surface area contributed by atoms with Crippen molar-refractivity contribution in [2.45, 2.75) is 6.04 Å². The highest BCUT2D eigenvalue weighted by Crippen LogP contribution is 2.42. The molecule has 4 aromatic rings. The van der Waals surface area contributed by atoms with Gasteiger partial charge in [0, 0.05) is 23.5 Å². The summed E-state index contributed by atoms with van der Waals surface area (Å²) in [6.07, 6.45) is 3.05. The summed E-state index contributed by atoms with van der Waals surface area (Å²) >= 11 is 0. The van der Waals surface area contributed by atoms with Crippen LogP contribution in [-0.2, 0) is 4.79 Å². The molecule has 7 heteroatoms. The lowest BCUT2D eigenvalue weighted by molar-refractivity contribution is -0.117. The SMILES string of the molecule is O=C(C1=C(O)C(=O)N(c2cccc(F)c2)C1c1cccnc1)c1cc2ccccc2o1. The maximum atomic E-state index is 13.9. The summed E-state index contributed by atoms with van der Waals surface area (Å²) in [5.74, 6) is -2.70. The summed E-state index contributed by atoms with van der Waals surface area (Å²) < 4.78 is 19.6. The minimum Gasteiger partial charge on any atom is -0.503 e. The third-order valence-electron chi connectivity index (χ3n) is 5.19. The van der Waals surface area contributed by atoms with Crippen LogP contribution in [0.3, 0.4) is 0 Å². The Morgan fingerprint density at radius 3 is 2.65 bits per heavy atom. The number of amides is 1. The molecule has 2 aromatic carbocycles. The first-order chi connectivity index (χ1) is 15.0. The number of pyridine rings is 1. The molecule has 1 amide bonds. The second-order valence-corrected chi connectivity index (χ2v) is 7.08. The normalized spacial score (nSPS) is 16.4. The second-order valence-electron chi connectivity index (χ2n) is 7.08. The van der Waals surface area contributed by atoms with E-state index in [2.05, 4.69) is 4.98 Å². The minimum atomic E-state index is -0.997. The van der Waals surface area contributed by atoms with Crippen LogP contribution >= 0.6 is 0 Å². The molecule has 1 aliphatic rings. The number of halogens is 1. The third kappa shape index (κ3) is 3.07. The number of fused-ring (bicyclic) bond motifs is 1. The van der Waals surface area contributed by atoms with Gasteiger partial charge in [0.1, 0.15) is 11.4 Å². The van der Waals surface area contributed by atoms with Crippen molar-refractivity contribution in [3.8, 4) is 0 Å². The van der Waals surface area contributed by atoms with E-state index in [1.807, 2.05) is 6.07 Å². The summed E-state index contributed by atoms with van der Waals surface area (Å²) in [7, 11) is 0. The minimum absolute atomic E-state index is 0.00877. The molecular weight excluding hydrogens is 399 g/mol. The van der Waals surface area contributed by atoms with Crippen LogP contribution < -0.4 is 4.90 Å². The Morgan fingerprint density at radius 1 is 1.06 bits per heavy atom. The van der Waals surface area contributed by atoms with Crippen LogP contribution in [0.1, 0.15) is 22.2 Å². The quantitative estimate of drug-likeness (QED) is 0.487. The highest BCUT2D eigenvalue weighted by Gasteiger charge is 2.45. The van der Waals surface area contributed by atoms with E-state index >= 15 is 0 Å². The molecule has 31 heavy (non-hydrogen) atoms. The smallest absolute Gasteiger partial charge is 0.294 e. The molecule has 0 spiro atoms. The monoisotopic (exact) mass is 414 g/mol. The number of Topliss-reactive ketones (excluding diaryl/α,β-unsaturated/α-hetero) is 1. The Morgan fingerprint density at radius 2 is 1.90 bits per heavy atom. The van der Waals surface area contributed by atoms with Crippen molar-refractivity contribution in [2.75, 3.05) is 4.90 Å². The van der Waals surface area contributed by atoms with Crippen molar-refractivity contribution in [3.63, 3.8) is 0 Å². The van der Waals surface area contributed by atoms with Gasteiger partial charge in [-0.1, -0.05) is 30.3 Å². The predicted octanol–water partition coefficient (Wildman–Crippen LogP) is 4.75. The fourth-order valence-corrected chi connectivity index (χ4v) is 3.81. The Hall–Kier alpha value is -4.26. The van der Waals surface area contributed by atoms with Gasteiger partial charge in [0.05, 0.1) is 11.6 Å². The average molecular weight is 414 g/mol. The fraction of sp³-hybridized carbons (Fsp3) is 0.0417. The maximum Gasteiger partial charge on any atom is 0.294 e. The van der Waals surface area contributed by atoms with E-state index in [4.69, 9.17) is 4.42 Å².